The summed E-state index contributed by atoms with van der Waals surface area (Å²) in [7, 11) is 1.93. The number of imide groups is 1. The number of hydrogen-bond donors (Lipinski definition) is 1. The van der Waals surface area contributed by atoms with Gasteiger partial charge >= 0.3 is 6.03 Å². The van der Waals surface area contributed by atoms with E-state index < -0.39 is 5.54 Å². The van der Waals surface area contributed by atoms with E-state index in [1.54, 1.807) is 0 Å². The van der Waals surface area contributed by atoms with E-state index in [1.807, 2.05) is 72.6 Å². The van der Waals surface area contributed by atoms with Gasteiger partial charge in [0.15, 0.2) is 5.54 Å². The van der Waals surface area contributed by atoms with E-state index in [9.17, 15) is 9.59 Å². The Morgan fingerprint density at radius 3 is 2.22 bits per heavy atom. The molecule has 164 valence electrons. The number of carbonyl (C=O) groups excluding carboxylic acids is 2. The molecule has 1 heterocycles. The third-order valence-corrected chi connectivity index (χ3v) is 6.08. The molecular formula is C27H29N3O2. The number of benzene rings is 3. The molecule has 0 aliphatic carbocycles. The van der Waals surface area contributed by atoms with Crippen LogP contribution in [-0.4, -0.2) is 35.5 Å². The van der Waals surface area contributed by atoms with E-state index in [0.717, 1.165) is 11.1 Å². The maximum atomic E-state index is 13.8. The Bertz CT molecular complexity index is 1110. The molecule has 0 bridgehead atoms. The summed E-state index contributed by atoms with van der Waals surface area (Å²) in [6.45, 7) is 5.04. The van der Waals surface area contributed by atoms with Crippen LogP contribution in [-0.2, 0) is 23.3 Å². The largest absolute Gasteiger partial charge is 0.326 e. The Labute approximate surface area is 189 Å². The second-order valence-electron chi connectivity index (χ2n) is 8.68. The second kappa shape index (κ2) is 8.97. The van der Waals surface area contributed by atoms with Crippen LogP contribution in [0.25, 0.3) is 0 Å². The minimum atomic E-state index is -1.11. The van der Waals surface area contributed by atoms with Crippen LogP contribution in [0.15, 0.2) is 78.9 Å². The molecule has 0 aromatic heterocycles. The van der Waals surface area contributed by atoms with Gasteiger partial charge in [0, 0.05) is 13.0 Å². The van der Waals surface area contributed by atoms with Crippen molar-refractivity contribution in [2.45, 2.75) is 32.4 Å². The SMILES string of the molecule is Cc1ccc(CN(C)CN2C(=O)N[C@](Cc3ccccc3)(c3ccccc3)C2=O)c(C)c1. The molecule has 1 saturated heterocycles. The van der Waals surface area contributed by atoms with Crippen molar-refractivity contribution in [1.29, 1.82) is 0 Å². The van der Waals surface area contributed by atoms with Crippen LogP contribution in [0.3, 0.4) is 0 Å². The highest BCUT2D eigenvalue weighted by Gasteiger charge is 2.52. The van der Waals surface area contributed by atoms with Crippen LogP contribution < -0.4 is 5.32 Å². The fourth-order valence-corrected chi connectivity index (χ4v) is 4.40. The first-order chi connectivity index (χ1) is 15.4. The molecule has 0 spiro atoms. The normalized spacial score (nSPS) is 18.3. The van der Waals surface area contributed by atoms with Crippen molar-refractivity contribution in [2.75, 3.05) is 13.7 Å². The van der Waals surface area contributed by atoms with E-state index in [-0.39, 0.29) is 18.6 Å². The van der Waals surface area contributed by atoms with Crippen molar-refractivity contribution in [2.24, 2.45) is 0 Å². The van der Waals surface area contributed by atoms with E-state index in [1.165, 1.54) is 21.6 Å². The Kier molecular flexibility index (Phi) is 6.10. The number of carbonyl (C=O) groups is 2. The minimum absolute atomic E-state index is 0.218. The Morgan fingerprint density at radius 1 is 0.906 bits per heavy atom. The zero-order valence-electron chi connectivity index (χ0n) is 18.8. The number of aryl methyl sites for hydroxylation is 2. The first-order valence-corrected chi connectivity index (χ1v) is 10.9. The molecule has 3 aromatic carbocycles. The molecule has 3 aromatic rings. The van der Waals surface area contributed by atoms with Gasteiger partial charge in [-0.3, -0.25) is 9.69 Å². The number of nitrogens with one attached hydrogen (secondary N) is 1. The molecule has 5 nitrogen and oxygen atoms in total. The van der Waals surface area contributed by atoms with E-state index in [4.69, 9.17) is 0 Å². The van der Waals surface area contributed by atoms with Gasteiger partial charge in [0.05, 0.1) is 6.67 Å². The molecule has 5 heteroatoms. The maximum Gasteiger partial charge on any atom is 0.326 e. The minimum Gasteiger partial charge on any atom is -0.319 e. The van der Waals surface area contributed by atoms with Crippen molar-refractivity contribution in [3.8, 4) is 0 Å². The van der Waals surface area contributed by atoms with E-state index in [2.05, 4.69) is 37.4 Å². The van der Waals surface area contributed by atoms with Gasteiger partial charge in [-0.1, -0.05) is 84.4 Å². The van der Waals surface area contributed by atoms with Crippen molar-refractivity contribution in [1.82, 2.24) is 15.1 Å². The Hall–Kier alpha value is -3.44. The average molecular weight is 428 g/mol. The van der Waals surface area contributed by atoms with Crippen LogP contribution in [0.1, 0.15) is 27.8 Å². The fourth-order valence-electron chi connectivity index (χ4n) is 4.40. The van der Waals surface area contributed by atoms with Crippen molar-refractivity contribution >= 4 is 11.9 Å². The van der Waals surface area contributed by atoms with Gasteiger partial charge in [-0.05, 0) is 43.1 Å². The zero-order chi connectivity index (χ0) is 22.7. The van der Waals surface area contributed by atoms with Crippen LogP contribution in [0.2, 0.25) is 0 Å². The van der Waals surface area contributed by atoms with Crippen LogP contribution >= 0.6 is 0 Å². The first-order valence-electron chi connectivity index (χ1n) is 10.9. The van der Waals surface area contributed by atoms with Crippen LogP contribution in [0.5, 0.6) is 0 Å². The monoisotopic (exact) mass is 427 g/mol. The third kappa shape index (κ3) is 4.30. The van der Waals surface area contributed by atoms with Gasteiger partial charge in [0.2, 0.25) is 0 Å². The predicted molar refractivity (Wildman–Crippen MR) is 126 cm³/mol. The van der Waals surface area contributed by atoms with Crippen molar-refractivity contribution < 1.29 is 9.59 Å². The molecule has 0 radical (unpaired) electrons. The maximum absolute atomic E-state index is 13.8. The Morgan fingerprint density at radius 2 is 1.56 bits per heavy atom. The fraction of sp³-hybridized carbons (Fsp3) is 0.259. The van der Waals surface area contributed by atoms with E-state index in [0.29, 0.717) is 13.0 Å². The lowest BCUT2D eigenvalue weighted by Gasteiger charge is -2.28. The lowest BCUT2D eigenvalue weighted by molar-refractivity contribution is -0.133. The van der Waals surface area contributed by atoms with Gasteiger partial charge in [0.25, 0.3) is 5.91 Å². The number of amides is 3. The highest BCUT2D eigenvalue weighted by atomic mass is 16.2. The molecule has 32 heavy (non-hydrogen) atoms. The van der Waals surface area contributed by atoms with Crippen molar-refractivity contribution in [3.63, 3.8) is 0 Å². The molecule has 0 saturated carbocycles. The van der Waals surface area contributed by atoms with Gasteiger partial charge in [-0.25, -0.2) is 9.69 Å². The summed E-state index contributed by atoms with van der Waals surface area (Å²) in [5, 5.41) is 3.03. The summed E-state index contributed by atoms with van der Waals surface area (Å²) in [4.78, 5) is 30.1. The quantitative estimate of drug-likeness (QED) is 0.569. The molecule has 1 fully saturated rings. The summed E-state index contributed by atoms with van der Waals surface area (Å²) in [6, 6.07) is 25.3. The molecule has 1 aliphatic rings. The van der Waals surface area contributed by atoms with Gasteiger partial charge in [-0.2, -0.15) is 0 Å². The van der Waals surface area contributed by atoms with Gasteiger partial charge in [0.1, 0.15) is 0 Å². The van der Waals surface area contributed by atoms with Crippen molar-refractivity contribution in [3.05, 3.63) is 107 Å². The lowest BCUT2D eigenvalue weighted by atomic mass is 9.83. The predicted octanol–water partition coefficient (Wildman–Crippen LogP) is 4.38. The van der Waals surface area contributed by atoms with Crippen LogP contribution in [0.4, 0.5) is 4.79 Å². The van der Waals surface area contributed by atoms with Gasteiger partial charge < -0.3 is 5.32 Å². The molecule has 1 aliphatic heterocycles. The zero-order valence-corrected chi connectivity index (χ0v) is 18.8. The molecule has 1 N–H and O–H groups in total. The standard InChI is InChI=1S/C27H29N3O2/c1-20-14-15-23(21(2)16-20)18-29(3)19-30-25(31)27(28-26(30)32,24-12-8-5-9-13-24)17-22-10-6-4-7-11-22/h4-16H,17-19H2,1-3H3,(H,28,32)/t27-/m1/s1. The summed E-state index contributed by atoms with van der Waals surface area (Å²) < 4.78 is 0. The number of urea groups is 1. The summed E-state index contributed by atoms with van der Waals surface area (Å²) in [6.07, 6.45) is 0.402. The second-order valence-corrected chi connectivity index (χ2v) is 8.68. The number of hydrogen-bond acceptors (Lipinski definition) is 3. The third-order valence-electron chi connectivity index (χ3n) is 6.08. The topological polar surface area (TPSA) is 52.6 Å². The molecule has 4 rings (SSSR count). The molecule has 3 amide bonds. The molecular weight excluding hydrogens is 398 g/mol. The van der Waals surface area contributed by atoms with E-state index >= 15 is 0 Å². The highest BCUT2D eigenvalue weighted by molar-refractivity contribution is 6.07. The summed E-state index contributed by atoms with van der Waals surface area (Å²) in [5.41, 5.74) is 4.29. The number of nitrogens with zero attached hydrogens (tertiary/aromatic N) is 2. The lowest BCUT2D eigenvalue weighted by Crippen LogP contribution is -2.46. The van der Waals surface area contributed by atoms with Crippen LogP contribution in [0, 0.1) is 13.8 Å². The first kappa shape index (κ1) is 21.8. The highest BCUT2D eigenvalue weighted by Crippen LogP contribution is 2.33. The summed E-state index contributed by atoms with van der Waals surface area (Å²) in [5.74, 6) is -0.218. The molecule has 0 unspecified atom stereocenters. The smallest absolute Gasteiger partial charge is 0.319 e. The Balaban J connectivity index is 1.59. The average Bonchev–Trinajstić information content (AvgIpc) is 3.02. The number of rotatable bonds is 7. The molecule has 1 atom stereocenters. The van der Waals surface area contributed by atoms with Gasteiger partial charge in [-0.15, -0.1) is 0 Å². The summed E-state index contributed by atoms with van der Waals surface area (Å²) >= 11 is 0.